The monoisotopic (exact) mass is 283 g/mol. The first-order valence-corrected chi connectivity index (χ1v) is 7.92. The highest BCUT2D eigenvalue weighted by molar-refractivity contribution is 5.27. The normalized spacial score (nSPS) is 26.0. The Morgan fingerprint density at radius 1 is 1.29 bits per heavy atom. The molecule has 1 aromatic heterocycles. The van der Waals surface area contributed by atoms with Gasteiger partial charge in [-0.2, -0.15) is 5.10 Å². The predicted molar refractivity (Wildman–Crippen MR) is 86.2 cm³/mol. The Hall–Kier alpha value is -1.61. The Bertz CT molecular complexity index is 602. The van der Waals surface area contributed by atoms with E-state index in [1.165, 1.54) is 30.5 Å². The van der Waals surface area contributed by atoms with E-state index in [1.807, 2.05) is 18.7 Å². The molecule has 112 valence electrons. The fourth-order valence-electron chi connectivity index (χ4n) is 3.83. The maximum absolute atomic E-state index is 6.90. The summed E-state index contributed by atoms with van der Waals surface area (Å²) in [5, 5.41) is 4.47. The van der Waals surface area contributed by atoms with Crippen molar-refractivity contribution in [2.24, 2.45) is 12.8 Å². The fourth-order valence-corrected chi connectivity index (χ4v) is 3.83. The van der Waals surface area contributed by atoms with E-state index in [2.05, 4.69) is 41.5 Å². The number of benzene rings is 1. The maximum atomic E-state index is 6.90. The van der Waals surface area contributed by atoms with Crippen LogP contribution >= 0.6 is 0 Å². The molecule has 1 fully saturated rings. The van der Waals surface area contributed by atoms with Crippen LogP contribution in [0.1, 0.15) is 48.6 Å². The fraction of sp³-hybridized carbons (Fsp3) is 0.500. The molecule has 1 aliphatic rings. The summed E-state index contributed by atoms with van der Waals surface area (Å²) in [6.07, 6.45) is 5.71. The lowest BCUT2D eigenvalue weighted by Gasteiger charge is -2.42. The standard InChI is InChI=1S/C18H25N3/c1-14-12-16(21(2)20-14)13-18(19)11-7-6-10-17(18)15-8-4-3-5-9-15/h3-5,8-9,12,17H,6-7,10-11,13,19H2,1-2H3. The van der Waals surface area contributed by atoms with Gasteiger partial charge in [-0.1, -0.05) is 43.2 Å². The van der Waals surface area contributed by atoms with Crippen LogP contribution in [0.2, 0.25) is 0 Å². The molecule has 1 saturated carbocycles. The number of aryl methyl sites for hydroxylation is 2. The number of nitrogens with two attached hydrogens (primary N) is 1. The van der Waals surface area contributed by atoms with Crippen molar-refractivity contribution in [2.45, 2.75) is 50.5 Å². The Morgan fingerprint density at radius 3 is 2.71 bits per heavy atom. The van der Waals surface area contributed by atoms with Crippen LogP contribution in [0.15, 0.2) is 36.4 Å². The Kier molecular flexibility index (Phi) is 3.85. The van der Waals surface area contributed by atoms with E-state index < -0.39 is 0 Å². The summed E-state index contributed by atoms with van der Waals surface area (Å²) in [6, 6.07) is 13.0. The first-order chi connectivity index (χ1) is 10.1. The van der Waals surface area contributed by atoms with Crippen molar-refractivity contribution in [3.05, 3.63) is 53.3 Å². The van der Waals surface area contributed by atoms with E-state index in [0.717, 1.165) is 18.5 Å². The molecule has 1 aromatic carbocycles. The molecule has 3 heteroatoms. The first kappa shape index (κ1) is 14.3. The van der Waals surface area contributed by atoms with Crippen molar-refractivity contribution in [3.63, 3.8) is 0 Å². The molecule has 3 nitrogen and oxygen atoms in total. The molecule has 21 heavy (non-hydrogen) atoms. The van der Waals surface area contributed by atoms with Gasteiger partial charge in [0.05, 0.1) is 5.69 Å². The van der Waals surface area contributed by atoms with E-state index in [4.69, 9.17) is 5.73 Å². The topological polar surface area (TPSA) is 43.8 Å². The number of rotatable bonds is 3. The molecule has 1 aliphatic carbocycles. The zero-order valence-corrected chi connectivity index (χ0v) is 13.0. The zero-order valence-electron chi connectivity index (χ0n) is 13.0. The van der Waals surface area contributed by atoms with Gasteiger partial charge in [-0.15, -0.1) is 0 Å². The molecule has 2 atom stereocenters. The molecule has 0 saturated heterocycles. The third kappa shape index (κ3) is 2.88. The van der Waals surface area contributed by atoms with Gasteiger partial charge in [0, 0.05) is 30.6 Å². The summed E-state index contributed by atoms with van der Waals surface area (Å²) in [5.41, 5.74) is 10.5. The van der Waals surface area contributed by atoms with Crippen molar-refractivity contribution in [1.82, 2.24) is 9.78 Å². The van der Waals surface area contributed by atoms with Crippen LogP contribution in [0.5, 0.6) is 0 Å². The molecule has 0 amide bonds. The summed E-state index contributed by atoms with van der Waals surface area (Å²) in [5.74, 6) is 0.447. The minimum absolute atomic E-state index is 0.153. The number of nitrogens with zero attached hydrogens (tertiary/aromatic N) is 2. The lowest BCUT2D eigenvalue weighted by molar-refractivity contribution is 0.245. The van der Waals surface area contributed by atoms with E-state index in [9.17, 15) is 0 Å². The van der Waals surface area contributed by atoms with Crippen LogP contribution in [0.3, 0.4) is 0 Å². The molecular formula is C18H25N3. The first-order valence-electron chi connectivity index (χ1n) is 7.92. The zero-order chi connectivity index (χ0) is 14.9. The molecule has 3 rings (SSSR count). The molecule has 2 N–H and O–H groups in total. The Balaban J connectivity index is 1.90. The summed E-state index contributed by atoms with van der Waals surface area (Å²) < 4.78 is 1.99. The highest BCUT2D eigenvalue weighted by atomic mass is 15.3. The van der Waals surface area contributed by atoms with Gasteiger partial charge in [-0.3, -0.25) is 4.68 Å². The maximum Gasteiger partial charge on any atom is 0.0596 e. The van der Waals surface area contributed by atoms with Crippen LogP contribution in [0, 0.1) is 6.92 Å². The molecule has 0 aliphatic heterocycles. The molecular weight excluding hydrogens is 258 g/mol. The molecule has 1 heterocycles. The van der Waals surface area contributed by atoms with Gasteiger partial charge in [0.1, 0.15) is 0 Å². The number of aromatic nitrogens is 2. The van der Waals surface area contributed by atoms with Crippen LogP contribution < -0.4 is 5.73 Å². The van der Waals surface area contributed by atoms with Crippen LogP contribution in [0.25, 0.3) is 0 Å². The lowest BCUT2D eigenvalue weighted by atomic mass is 9.68. The highest BCUT2D eigenvalue weighted by Gasteiger charge is 2.38. The van der Waals surface area contributed by atoms with Crippen molar-refractivity contribution < 1.29 is 0 Å². The van der Waals surface area contributed by atoms with Gasteiger partial charge in [0.15, 0.2) is 0 Å². The van der Waals surface area contributed by atoms with Gasteiger partial charge in [-0.25, -0.2) is 0 Å². The molecule has 2 unspecified atom stereocenters. The minimum Gasteiger partial charge on any atom is -0.324 e. The quantitative estimate of drug-likeness (QED) is 0.939. The molecule has 0 radical (unpaired) electrons. The smallest absolute Gasteiger partial charge is 0.0596 e. The molecule has 0 bridgehead atoms. The van der Waals surface area contributed by atoms with E-state index in [0.29, 0.717) is 5.92 Å². The summed E-state index contributed by atoms with van der Waals surface area (Å²) in [4.78, 5) is 0. The average molecular weight is 283 g/mol. The third-order valence-electron chi connectivity index (χ3n) is 4.89. The van der Waals surface area contributed by atoms with Crippen LogP contribution in [-0.2, 0) is 13.5 Å². The van der Waals surface area contributed by atoms with E-state index in [-0.39, 0.29) is 5.54 Å². The van der Waals surface area contributed by atoms with Gasteiger partial charge < -0.3 is 5.73 Å². The second kappa shape index (κ2) is 5.64. The largest absolute Gasteiger partial charge is 0.324 e. The van der Waals surface area contributed by atoms with Gasteiger partial charge in [0.2, 0.25) is 0 Å². The van der Waals surface area contributed by atoms with E-state index >= 15 is 0 Å². The van der Waals surface area contributed by atoms with Crippen molar-refractivity contribution in [3.8, 4) is 0 Å². The van der Waals surface area contributed by atoms with Crippen LogP contribution in [0.4, 0.5) is 0 Å². The van der Waals surface area contributed by atoms with Gasteiger partial charge in [0.25, 0.3) is 0 Å². The van der Waals surface area contributed by atoms with Gasteiger partial charge in [-0.05, 0) is 31.4 Å². The van der Waals surface area contributed by atoms with Crippen molar-refractivity contribution in [2.75, 3.05) is 0 Å². The number of hydrogen-bond acceptors (Lipinski definition) is 2. The number of hydrogen-bond donors (Lipinski definition) is 1. The summed E-state index contributed by atoms with van der Waals surface area (Å²) in [6.45, 7) is 2.04. The Labute approximate surface area is 127 Å². The second-order valence-electron chi connectivity index (χ2n) is 6.52. The second-order valence-corrected chi connectivity index (χ2v) is 6.52. The molecule has 0 spiro atoms. The van der Waals surface area contributed by atoms with Crippen molar-refractivity contribution in [1.29, 1.82) is 0 Å². The predicted octanol–water partition coefficient (Wildman–Crippen LogP) is 3.33. The van der Waals surface area contributed by atoms with E-state index in [1.54, 1.807) is 0 Å². The van der Waals surface area contributed by atoms with Gasteiger partial charge >= 0.3 is 0 Å². The average Bonchev–Trinajstić information content (AvgIpc) is 2.77. The summed E-state index contributed by atoms with van der Waals surface area (Å²) >= 11 is 0. The van der Waals surface area contributed by atoms with Crippen LogP contribution in [-0.4, -0.2) is 15.3 Å². The molecule has 2 aromatic rings. The third-order valence-corrected chi connectivity index (χ3v) is 4.89. The minimum atomic E-state index is -0.153. The highest BCUT2D eigenvalue weighted by Crippen LogP contribution is 2.41. The van der Waals surface area contributed by atoms with Crippen molar-refractivity contribution >= 4 is 0 Å². The SMILES string of the molecule is Cc1cc(CC2(N)CCCCC2c2ccccc2)n(C)n1. The lowest BCUT2D eigenvalue weighted by Crippen LogP contribution is -2.50. The Morgan fingerprint density at radius 2 is 2.05 bits per heavy atom. The summed E-state index contributed by atoms with van der Waals surface area (Å²) in [7, 11) is 2.02.